The van der Waals surface area contributed by atoms with E-state index in [-0.39, 0.29) is 11.4 Å². The number of hydrogen-bond donors (Lipinski definition) is 2. The molecule has 0 amide bonds. The molecule has 0 aliphatic carbocycles. The Bertz CT molecular complexity index is 597. The molecule has 0 unspecified atom stereocenters. The molecule has 0 aliphatic rings. The molecular formula is C9H9FN4O2S. The van der Waals surface area contributed by atoms with Gasteiger partial charge in [-0.2, -0.15) is 0 Å². The van der Waals surface area contributed by atoms with E-state index >= 15 is 0 Å². The summed E-state index contributed by atoms with van der Waals surface area (Å²) in [6.07, 6.45) is 4.95. The van der Waals surface area contributed by atoms with E-state index < -0.39 is 15.8 Å². The summed E-state index contributed by atoms with van der Waals surface area (Å²) in [5, 5.41) is 0. The number of aromatic amines is 1. The second kappa shape index (κ2) is 4.60. The number of nitrogens with one attached hydrogen (secondary N) is 2. The van der Waals surface area contributed by atoms with E-state index in [9.17, 15) is 12.8 Å². The summed E-state index contributed by atoms with van der Waals surface area (Å²) in [6, 6.07) is 0.905. The summed E-state index contributed by atoms with van der Waals surface area (Å²) in [5.74, 6) is -0.700. The summed E-state index contributed by atoms with van der Waals surface area (Å²) in [7, 11) is -3.76. The Morgan fingerprint density at radius 2 is 2.12 bits per heavy atom. The van der Waals surface area contributed by atoms with Crippen LogP contribution >= 0.6 is 0 Å². The van der Waals surface area contributed by atoms with Crippen molar-refractivity contribution in [3.05, 3.63) is 42.5 Å². The van der Waals surface area contributed by atoms with E-state index in [1.54, 1.807) is 0 Å². The van der Waals surface area contributed by atoms with Crippen molar-refractivity contribution in [3.8, 4) is 0 Å². The number of pyridine rings is 1. The Labute approximate surface area is 97.0 Å². The Morgan fingerprint density at radius 1 is 1.29 bits per heavy atom. The van der Waals surface area contributed by atoms with Gasteiger partial charge >= 0.3 is 0 Å². The average Bonchev–Trinajstić information content (AvgIpc) is 2.79. The van der Waals surface area contributed by atoms with Crippen LogP contribution in [0.4, 0.5) is 4.39 Å². The zero-order valence-corrected chi connectivity index (χ0v) is 9.41. The van der Waals surface area contributed by atoms with Crippen LogP contribution in [0, 0.1) is 5.82 Å². The van der Waals surface area contributed by atoms with Crippen LogP contribution in [0.2, 0.25) is 0 Å². The summed E-state index contributed by atoms with van der Waals surface area (Å²) in [4.78, 5) is 9.76. The zero-order chi connectivity index (χ0) is 12.3. The monoisotopic (exact) mass is 256 g/mol. The Balaban J connectivity index is 2.14. The van der Waals surface area contributed by atoms with Crippen LogP contribution in [0.5, 0.6) is 0 Å². The molecule has 0 fully saturated rings. The zero-order valence-electron chi connectivity index (χ0n) is 8.59. The highest BCUT2D eigenvalue weighted by atomic mass is 32.2. The lowest BCUT2D eigenvalue weighted by atomic mass is 10.5. The first-order chi connectivity index (χ1) is 8.08. The Morgan fingerprint density at radius 3 is 2.76 bits per heavy atom. The SMILES string of the molecule is O=S(=O)(NCc1cnc[nH]1)c1cncc(F)c1. The molecule has 8 heteroatoms. The van der Waals surface area contributed by atoms with Crippen LogP contribution in [-0.4, -0.2) is 23.4 Å². The van der Waals surface area contributed by atoms with Crippen molar-refractivity contribution in [2.24, 2.45) is 0 Å². The van der Waals surface area contributed by atoms with Crippen LogP contribution in [0.25, 0.3) is 0 Å². The van der Waals surface area contributed by atoms with Gasteiger partial charge in [-0.1, -0.05) is 0 Å². The molecule has 2 aromatic rings. The molecule has 2 heterocycles. The third-order valence-corrected chi connectivity index (χ3v) is 3.37. The first kappa shape index (κ1) is 11.7. The first-order valence-corrected chi connectivity index (χ1v) is 6.14. The van der Waals surface area contributed by atoms with Crippen LogP contribution in [0.3, 0.4) is 0 Å². The van der Waals surface area contributed by atoms with E-state index in [1.165, 1.54) is 12.5 Å². The third kappa shape index (κ3) is 2.86. The second-order valence-electron chi connectivity index (χ2n) is 3.24. The largest absolute Gasteiger partial charge is 0.347 e. The van der Waals surface area contributed by atoms with E-state index in [1.807, 2.05) is 0 Å². The second-order valence-corrected chi connectivity index (χ2v) is 5.01. The van der Waals surface area contributed by atoms with Crippen molar-refractivity contribution in [2.45, 2.75) is 11.4 Å². The van der Waals surface area contributed by atoms with E-state index in [0.717, 1.165) is 18.5 Å². The number of halogens is 1. The molecule has 0 atom stereocenters. The highest BCUT2D eigenvalue weighted by Crippen LogP contribution is 2.08. The molecule has 2 rings (SSSR count). The Hall–Kier alpha value is -1.80. The van der Waals surface area contributed by atoms with Gasteiger partial charge in [0.05, 0.1) is 19.1 Å². The van der Waals surface area contributed by atoms with Crippen molar-refractivity contribution in [2.75, 3.05) is 0 Å². The van der Waals surface area contributed by atoms with E-state index in [4.69, 9.17) is 0 Å². The standard InChI is InChI=1S/C9H9FN4O2S/c10-7-1-9(5-11-2-7)17(15,16)14-4-8-3-12-6-13-8/h1-3,5-6,14H,4H2,(H,12,13). The first-order valence-electron chi connectivity index (χ1n) is 4.65. The van der Waals surface area contributed by atoms with Gasteiger partial charge in [-0.05, 0) is 6.07 Å². The van der Waals surface area contributed by atoms with Crippen molar-refractivity contribution < 1.29 is 12.8 Å². The fourth-order valence-electron chi connectivity index (χ4n) is 1.18. The van der Waals surface area contributed by atoms with Crippen molar-refractivity contribution >= 4 is 10.0 Å². The normalized spacial score (nSPS) is 11.6. The maximum absolute atomic E-state index is 12.8. The van der Waals surface area contributed by atoms with Crippen LogP contribution in [-0.2, 0) is 16.6 Å². The lowest BCUT2D eigenvalue weighted by Gasteiger charge is -2.04. The lowest BCUT2D eigenvalue weighted by Crippen LogP contribution is -2.23. The number of aromatic nitrogens is 3. The maximum atomic E-state index is 12.8. The van der Waals surface area contributed by atoms with Gasteiger partial charge in [0.15, 0.2) is 0 Å². The van der Waals surface area contributed by atoms with Crippen molar-refractivity contribution in [3.63, 3.8) is 0 Å². The molecule has 2 N–H and O–H groups in total. The van der Waals surface area contributed by atoms with Crippen LogP contribution < -0.4 is 4.72 Å². The molecule has 0 spiro atoms. The topological polar surface area (TPSA) is 87.7 Å². The minimum absolute atomic E-state index is 0.0544. The molecule has 0 aliphatic heterocycles. The van der Waals surface area contributed by atoms with Gasteiger partial charge in [-0.3, -0.25) is 4.98 Å². The predicted molar refractivity (Wildman–Crippen MR) is 56.8 cm³/mol. The molecule has 0 radical (unpaired) electrons. The van der Waals surface area contributed by atoms with Crippen molar-refractivity contribution in [1.82, 2.24) is 19.7 Å². The molecule has 0 saturated carbocycles. The highest BCUT2D eigenvalue weighted by Gasteiger charge is 2.15. The molecule has 0 aromatic carbocycles. The summed E-state index contributed by atoms with van der Waals surface area (Å²) < 4.78 is 38.6. The summed E-state index contributed by atoms with van der Waals surface area (Å²) in [6.45, 7) is 0.0544. The minimum atomic E-state index is -3.76. The number of imidazole rings is 1. The van der Waals surface area contributed by atoms with Gasteiger partial charge in [-0.25, -0.2) is 22.5 Å². The van der Waals surface area contributed by atoms with Crippen LogP contribution in [0.1, 0.15) is 5.69 Å². The van der Waals surface area contributed by atoms with Crippen molar-refractivity contribution in [1.29, 1.82) is 0 Å². The molecule has 6 nitrogen and oxygen atoms in total. The number of hydrogen-bond acceptors (Lipinski definition) is 4. The van der Waals surface area contributed by atoms with Gasteiger partial charge in [0.2, 0.25) is 10.0 Å². The fraction of sp³-hybridized carbons (Fsp3) is 0.111. The smallest absolute Gasteiger partial charge is 0.242 e. The van der Waals surface area contributed by atoms with Gasteiger partial charge in [0, 0.05) is 18.1 Å². The van der Waals surface area contributed by atoms with E-state index in [0.29, 0.717) is 5.69 Å². The number of sulfonamides is 1. The molecule has 90 valence electrons. The van der Waals surface area contributed by atoms with Crippen LogP contribution in [0.15, 0.2) is 35.9 Å². The predicted octanol–water partition coefficient (Wildman–Crippen LogP) is 0.422. The lowest BCUT2D eigenvalue weighted by molar-refractivity contribution is 0.575. The number of nitrogens with zero attached hydrogens (tertiary/aromatic N) is 2. The minimum Gasteiger partial charge on any atom is -0.347 e. The highest BCUT2D eigenvalue weighted by molar-refractivity contribution is 7.89. The van der Waals surface area contributed by atoms with Gasteiger partial charge in [-0.15, -0.1) is 0 Å². The van der Waals surface area contributed by atoms with Gasteiger partial charge < -0.3 is 4.98 Å². The molecule has 0 saturated heterocycles. The van der Waals surface area contributed by atoms with Gasteiger partial charge in [0.25, 0.3) is 0 Å². The number of rotatable bonds is 4. The quantitative estimate of drug-likeness (QED) is 0.830. The fourth-order valence-corrected chi connectivity index (χ4v) is 2.16. The maximum Gasteiger partial charge on any atom is 0.242 e. The third-order valence-electron chi connectivity index (χ3n) is 2.00. The summed E-state index contributed by atoms with van der Waals surface area (Å²) in [5.41, 5.74) is 0.609. The average molecular weight is 256 g/mol. The molecular weight excluding hydrogens is 247 g/mol. The summed E-state index contributed by atoms with van der Waals surface area (Å²) >= 11 is 0. The Kier molecular flexibility index (Phi) is 3.16. The molecule has 2 aromatic heterocycles. The van der Waals surface area contributed by atoms with Gasteiger partial charge in [0.1, 0.15) is 10.7 Å². The molecule has 0 bridgehead atoms. The number of H-pyrrole nitrogens is 1. The van der Waals surface area contributed by atoms with E-state index in [2.05, 4.69) is 19.7 Å². The molecule has 17 heavy (non-hydrogen) atoms.